The molecule has 2 atom stereocenters. The predicted octanol–water partition coefficient (Wildman–Crippen LogP) is 3.62. The summed E-state index contributed by atoms with van der Waals surface area (Å²) in [5.41, 5.74) is 0. The molecule has 0 N–H and O–H groups in total. The Balaban J connectivity index is 4.03. The van der Waals surface area contributed by atoms with Crippen LogP contribution in [0.3, 0.4) is 0 Å². The van der Waals surface area contributed by atoms with Gasteiger partial charge in [0.15, 0.2) is 11.3 Å². The number of carbonyl (C=O) groups is 1. The van der Waals surface area contributed by atoms with E-state index in [0.717, 1.165) is 11.8 Å². The molecule has 0 aliphatic carbocycles. The number of hydrogen-bond donors (Lipinski definition) is 0. The molecule has 0 aromatic rings. The van der Waals surface area contributed by atoms with Gasteiger partial charge in [0.05, 0.1) is 0 Å². The average Bonchev–Trinajstić information content (AvgIpc) is 2.16. The molecule has 1 nitrogen and oxygen atoms in total. The van der Waals surface area contributed by atoms with E-state index >= 15 is 0 Å². The van der Waals surface area contributed by atoms with E-state index in [1.807, 2.05) is 0 Å². The topological polar surface area (TPSA) is 17.1 Å². The largest absolute Gasteiger partial charge is 0.337 e. The predicted molar refractivity (Wildman–Crippen MR) is 53.1 cm³/mol. The van der Waals surface area contributed by atoms with Gasteiger partial charge in [-0.1, -0.05) is 11.8 Å². The van der Waals surface area contributed by atoms with E-state index in [1.54, 1.807) is 0 Å². The average molecular weight is 282 g/mol. The molecule has 0 fully saturated rings. The lowest BCUT2D eigenvalue weighted by atomic mass is 10.1. The highest BCUT2D eigenvalue weighted by Gasteiger charge is 2.50. The van der Waals surface area contributed by atoms with Gasteiger partial charge in [-0.3, -0.25) is 4.79 Å². The molecule has 2 unspecified atom stereocenters. The molecule has 0 spiro atoms. The Morgan fingerprint density at radius 3 is 2.18 bits per heavy atom. The van der Waals surface area contributed by atoms with Crippen molar-refractivity contribution in [2.24, 2.45) is 0 Å². The fourth-order valence-electron chi connectivity index (χ4n) is 0.967. The minimum Gasteiger partial charge on any atom is -0.288 e. The van der Waals surface area contributed by atoms with E-state index in [2.05, 4.69) is 0 Å². The third kappa shape index (κ3) is 6.18. The van der Waals surface area contributed by atoms with Crippen molar-refractivity contribution in [2.45, 2.75) is 44.5 Å². The molecular weight excluding hydrogens is 270 g/mol. The molecule has 0 saturated carbocycles. The molecule has 8 heteroatoms. The highest BCUT2D eigenvalue weighted by Crippen LogP contribution is 2.32. The first-order chi connectivity index (χ1) is 7.67. The van der Waals surface area contributed by atoms with E-state index in [-0.39, 0.29) is 17.3 Å². The zero-order valence-corrected chi connectivity index (χ0v) is 9.75. The van der Waals surface area contributed by atoms with Gasteiger partial charge in [-0.2, -0.15) is 8.78 Å². The Kier molecular flexibility index (Phi) is 6.96. The number of carbonyl (C=O) groups excluding carboxylic acids is 1. The summed E-state index contributed by atoms with van der Waals surface area (Å²) in [7, 11) is 0. The summed E-state index contributed by atoms with van der Waals surface area (Å²) >= 11 is 0.763. The maximum absolute atomic E-state index is 13.0. The van der Waals surface area contributed by atoms with Gasteiger partial charge in [-0.05, 0) is 6.42 Å². The van der Waals surface area contributed by atoms with Gasteiger partial charge in [0.1, 0.15) is 6.17 Å². The molecule has 0 amide bonds. The maximum atomic E-state index is 13.0. The lowest BCUT2D eigenvalue weighted by molar-refractivity contribution is -0.174. The quantitative estimate of drug-likeness (QED) is 0.663. The van der Waals surface area contributed by atoms with Crippen LogP contribution in [0.5, 0.6) is 0 Å². The Morgan fingerprint density at radius 1 is 1.24 bits per heavy atom. The van der Waals surface area contributed by atoms with Crippen LogP contribution in [-0.4, -0.2) is 35.6 Å². The van der Waals surface area contributed by atoms with Crippen LogP contribution in [0.1, 0.15) is 19.8 Å². The van der Waals surface area contributed by atoms with Crippen molar-refractivity contribution >= 4 is 16.9 Å². The van der Waals surface area contributed by atoms with Gasteiger partial charge >= 0.3 is 12.3 Å². The Hall–Kier alpha value is -0.400. The fraction of sp³-hybridized carbons (Fsp3) is 0.889. The molecule has 0 aromatic heterocycles. The number of thioether (sulfide) groups is 1. The molecule has 0 heterocycles. The summed E-state index contributed by atoms with van der Waals surface area (Å²) in [5.74, 6) is -4.83. The van der Waals surface area contributed by atoms with E-state index < -0.39 is 31.1 Å². The van der Waals surface area contributed by atoms with Crippen molar-refractivity contribution in [3.05, 3.63) is 0 Å². The zero-order valence-electron chi connectivity index (χ0n) is 8.94. The molecule has 0 saturated heterocycles. The number of hydrogen-bond acceptors (Lipinski definition) is 2. The van der Waals surface area contributed by atoms with Crippen LogP contribution in [0.2, 0.25) is 0 Å². The van der Waals surface area contributed by atoms with Gasteiger partial charge in [0.25, 0.3) is 0 Å². The van der Waals surface area contributed by atoms with Crippen LogP contribution in [-0.2, 0) is 4.79 Å². The first-order valence-electron chi connectivity index (χ1n) is 4.75. The first kappa shape index (κ1) is 16.6. The van der Waals surface area contributed by atoms with Gasteiger partial charge in [0.2, 0.25) is 0 Å². The SMILES string of the molecule is CC(=O)SCCC(F)CC(F)C(F)(F)C(F)F. The highest BCUT2D eigenvalue weighted by atomic mass is 32.2. The third-order valence-corrected chi connectivity index (χ3v) is 2.75. The van der Waals surface area contributed by atoms with Crippen molar-refractivity contribution in [3.63, 3.8) is 0 Å². The number of alkyl halides is 6. The van der Waals surface area contributed by atoms with E-state index in [4.69, 9.17) is 0 Å². The lowest BCUT2D eigenvalue weighted by Gasteiger charge is -2.20. The van der Waals surface area contributed by atoms with Crippen molar-refractivity contribution < 1.29 is 31.1 Å². The minimum atomic E-state index is -4.84. The Labute approximate surface area is 98.9 Å². The number of rotatable bonds is 7. The second-order valence-electron chi connectivity index (χ2n) is 3.40. The fourth-order valence-corrected chi connectivity index (χ4v) is 1.63. The van der Waals surface area contributed by atoms with Gasteiger partial charge in [0, 0.05) is 19.1 Å². The molecule has 102 valence electrons. The summed E-state index contributed by atoms with van der Waals surface area (Å²) < 4.78 is 73.9. The van der Waals surface area contributed by atoms with E-state index in [9.17, 15) is 31.1 Å². The minimum absolute atomic E-state index is 0.00344. The van der Waals surface area contributed by atoms with Crippen molar-refractivity contribution in [2.75, 3.05) is 5.75 Å². The van der Waals surface area contributed by atoms with Crippen LogP contribution >= 0.6 is 11.8 Å². The van der Waals surface area contributed by atoms with Crippen LogP contribution in [0.4, 0.5) is 26.3 Å². The zero-order chi connectivity index (χ0) is 13.6. The maximum Gasteiger partial charge on any atom is 0.337 e. The molecular formula is C9H12F6OS. The van der Waals surface area contributed by atoms with Gasteiger partial charge in [-0.15, -0.1) is 0 Å². The van der Waals surface area contributed by atoms with Crippen molar-refractivity contribution in [1.29, 1.82) is 0 Å². The number of halogens is 6. The molecule has 17 heavy (non-hydrogen) atoms. The molecule has 0 bridgehead atoms. The van der Waals surface area contributed by atoms with Gasteiger partial charge < -0.3 is 0 Å². The van der Waals surface area contributed by atoms with Crippen LogP contribution in [0.15, 0.2) is 0 Å². The van der Waals surface area contributed by atoms with Gasteiger partial charge in [-0.25, -0.2) is 17.6 Å². The summed E-state index contributed by atoms with van der Waals surface area (Å²) in [5, 5.41) is -0.285. The lowest BCUT2D eigenvalue weighted by Crippen LogP contribution is -2.39. The second kappa shape index (κ2) is 7.13. The normalized spacial score (nSPS) is 16.0. The molecule has 0 aromatic carbocycles. The summed E-state index contributed by atoms with van der Waals surface area (Å²) in [4.78, 5) is 10.4. The molecule has 0 rings (SSSR count). The van der Waals surface area contributed by atoms with E-state index in [1.165, 1.54) is 6.92 Å². The summed E-state index contributed by atoms with van der Waals surface area (Å²) in [6.45, 7) is 1.24. The highest BCUT2D eigenvalue weighted by molar-refractivity contribution is 8.13. The van der Waals surface area contributed by atoms with Crippen molar-refractivity contribution in [3.8, 4) is 0 Å². The first-order valence-corrected chi connectivity index (χ1v) is 5.74. The Morgan fingerprint density at radius 2 is 1.76 bits per heavy atom. The molecule has 0 radical (unpaired) electrons. The van der Waals surface area contributed by atoms with Crippen molar-refractivity contribution in [1.82, 2.24) is 0 Å². The standard InChI is InChI=1S/C9H12F6OS/c1-5(16)17-3-2-6(10)4-7(11)9(14,15)8(12)13/h6-8H,2-4H2,1H3. The third-order valence-electron chi connectivity index (χ3n) is 1.91. The van der Waals surface area contributed by atoms with Crippen LogP contribution < -0.4 is 0 Å². The Bertz CT molecular complexity index is 248. The van der Waals surface area contributed by atoms with Crippen LogP contribution in [0.25, 0.3) is 0 Å². The molecule has 0 aliphatic heterocycles. The van der Waals surface area contributed by atoms with E-state index in [0.29, 0.717) is 0 Å². The summed E-state index contributed by atoms with van der Waals surface area (Å²) in [6.07, 6.45) is -11.0. The second-order valence-corrected chi connectivity index (χ2v) is 4.68. The smallest absolute Gasteiger partial charge is 0.288 e. The van der Waals surface area contributed by atoms with Crippen LogP contribution in [0, 0.1) is 0 Å². The monoisotopic (exact) mass is 282 g/mol. The molecule has 0 aliphatic rings. The summed E-state index contributed by atoms with van der Waals surface area (Å²) in [6, 6.07) is 0.